The second kappa shape index (κ2) is 6.68. The maximum atomic E-state index is 12.4. The van der Waals surface area contributed by atoms with Gasteiger partial charge in [0.2, 0.25) is 17.6 Å². The number of hydrogen-bond acceptors (Lipinski definition) is 6. The van der Waals surface area contributed by atoms with Crippen LogP contribution in [0.3, 0.4) is 0 Å². The Morgan fingerprint density at radius 3 is 2.88 bits per heavy atom. The topological polar surface area (TPSA) is 68.5 Å². The highest BCUT2D eigenvalue weighted by molar-refractivity contribution is 7.13. The summed E-state index contributed by atoms with van der Waals surface area (Å²) in [5.74, 6) is 1.87. The first kappa shape index (κ1) is 15.8. The van der Waals surface area contributed by atoms with Crippen molar-refractivity contribution in [2.45, 2.75) is 19.3 Å². The molecule has 0 radical (unpaired) electrons. The zero-order chi connectivity index (χ0) is 17.2. The number of ether oxygens (including phenoxy) is 1. The summed E-state index contributed by atoms with van der Waals surface area (Å²) >= 11 is 1.56. The van der Waals surface area contributed by atoms with E-state index in [2.05, 4.69) is 10.1 Å². The smallest absolute Gasteiger partial charge is 0.232 e. The SMILES string of the molecule is CCOc1ccc(N2CC(c3nc(-c4cccs4)no3)CC2=O)cc1. The van der Waals surface area contributed by atoms with Gasteiger partial charge in [-0.05, 0) is 42.6 Å². The first-order chi connectivity index (χ1) is 12.2. The molecule has 1 amide bonds. The highest BCUT2D eigenvalue weighted by Crippen LogP contribution is 2.33. The van der Waals surface area contributed by atoms with E-state index in [9.17, 15) is 4.79 Å². The minimum atomic E-state index is -0.0831. The molecule has 1 aliphatic rings. The quantitative estimate of drug-likeness (QED) is 0.698. The zero-order valence-electron chi connectivity index (χ0n) is 13.7. The van der Waals surface area contributed by atoms with Crippen molar-refractivity contribution in [3.8, 4) is 16.5 Å². The summed E-state index contributed by atoms with van der Waals surface area (Å²) in [5, 5.41) is 6.01. The van der Waals surface area contributed by atoms with Crippen LogP contribution in [-0.2, 0) is 4.79 Å². The van der Waals surface area contributed by atoms with Gasteiger partial charge in [-0.3, -0.25) is 4.79 Å². The molecule has 1 atom stereocenters. The summed E-state index contributed by atoms with van der Waals surface area (Å²) in [6.45, 7) is 3.10. The van der Waals surface area contributed by atoms with Gasteiger partial charge < -0.3 is 14.2 Å². The van der Waals surface area contributed by atoms with Gasteiger partial charge in [0.15, 0.2) is 0 Å². The van der Waals surface area contributed by atoms with Crippen LogP contribution in [0.1, 0.15) is 25.2 Å². The Hall–Kier alpha value is -2.67. The molecule has 0 saturated carbocycles. The van der Waals surface area contributed by atoms with Gasteiger partial charge >= 0.3 is 0 Å². The van der Waals surface area contributed by atoms with E-state index in [1.807, 2.05) is 48.7 Å². The molecule has 25 heavy (non-hydrogen) atoms. The normalized spacial score (nSPS) is 17.2. The predicted octanol–water partition coefficient (Wildman–Crippen LogP) is 3.72. The zero-order valence-corrected chi connectivity index (χ0v) is 14.5. The molecule has 1 saturated heterocycles. The number of anilines is 1. The lowest BCUT2D eigenvalue weighted by atomic mass is 10.1. The number of carbonyl (C=O) groups excluding carboxylic acids is 1. The lowest BCUT2D eigenvalue weighted by Crippen LogP contribution is -2.24. The maximum absolute atomic E-state index is 12.4. The van der Waals surface area contributed by atoms with Crippen molar-refractivity contribution in [2.24, 2.45) is 0 Å². The van der Waals surface area contributed by atoms with Crippen molar-refractivity contribution in [2.75, 3.05) is 18.1 Å². The number of hydrogen-bond donors (Lipinski definition) is 0. The third-order valence-corrected chi connectivity index (χ3v) is 4.98. The van der Waals surface area contributed by atoms with E-state index in [4.69, 9.17) is 9.26 Å². The molecule has 4 rings (SSSR count). The number of nitrogens with zero attached hydrogens (tertiary/aromatic N) is 3. The Balaban J connectivity index is 1.50. The number of aromatic nitrogens is 2. The van der Waals surface area contributed by atoms with Crippen LogP contribution in [0.25, 0.3) is 10.7 Å². The molecule has 0 aliphatic carbocycles. The summed E-state index contributed by atoms with van der Waals surface area (Å²) in [6, 6.07) is 11.4. The predicted molar refractivity (Wildman–Crippen MR) is 94.9 cm³/mol. The molecule has 1 fully saturated rings. The lowest BCUT2D eigenvalue weighted by molar-refractivity contribution is -0.117. The second-order valence-electron chi connectivity index (χ2n) is 5.77. The first-order valence-corrected chi connectivity index (χ1v) is 9.03. The van der Waals surface area contributed by atoms with Gasteiger partial charge in [-0.15, -0.1) is 11.3 Å². The van der Waals surface area contributed by atoms with E-state index in [0.29, 0.717) is 31.3 Å². The van der Waals surface area contributed by atoms with Crippen molar-refractivity contribution in [1.82, 2.24) is 10.1 Å². The van der Waals surface area contributed by atoms with Crippen LogP contribution in [0, 0.1) is 0 Å². The maximum Gasteiger partial charge on any atom is 0.232 e. The van der Waals surface area contributed by atoms with Crippen LogP contribution in [0.2, 0.25) is 0 Å². The summed E-state index contributed by atoms with van der Waals surface area (Å²) in [4.78, 5) is 19.6. The van der Waals surface area contributed by atoms with E-state index in [1.54, 1.807) is 16.2 Å². The Bertz CT molecular complexity index is 858. The third kappa shape index (κ3) is 3.15. The molecule has 0 spiro atoms. The van der Waals surface area contributed by atoms with Crippen LogP contribution in [-0.4, -0.2) is 29.2 Å². The van der Waals surface area contributed by atoms with Gasteiger partial charge in [0.25, 0.3) is 0 Å². The molecule has 2 aromatic heterocycles. The Kier molecular flexibility index (Phi) is 4.23. The van der Waals surface area contributed by atoms with Gasteiger partial charge in [-0.1, -0.05) is 11.2 Å². The molecule has 7 heteroatoms. The number of amides is 1. The Morgan fingerprint density at radius 2 is 2.16 bits per heavy atom. The summed E-state index contributed by atoms with van der Waals surface area (Å²) in [5.41, 5.74) is 0.856. The minimum absolute atomic E-state index is 0.0602. The molecule has 3 heterocycles. The number of benzene rings is 1. The molecule has 1 aromatic carbocycles. The summed E-state index contributed by atoms with van der Waals surface area (Å²) in [7, 11) is 0. The van der Waals surface area contributed by atoms with E-state index in [-0.39, 0.29) is 11.8 Å². The number of thiophene rings is 1. The molecule has 0 bridgehead atoms. The molecule has 0 N–H and O–H groups in total. The number of rotatable bonds is 5. The molecular formula is C18H17N3O3S. The van der Waals surface area contributed by atoms with Gasteiger partial charge in [-0.25, -0.2) is 0 Å². The van der Waals surface area contributed by atoms with Crippen molar-refractivity contribution < 1.29 is 14.1 Å². The average Bonchev–Trinajstić information content (AvgIpc) is 3.36. The molecule has 6 nitrogen and oxygen atoms in total. The molecular weight excluding hydrogens is 338 g/mol. The third-order valence-electron chi connectivity index (χ3n) is 4.12. The molecule has 3 aromatic rings. The van der Waals surface area contributed by atoms with Crippen molar-refractivity contribution in [3.63, 3.8) is 0 Å². The Labute approximate surface area is 149 Å². The van der Waals surface area contributed by atoms with Crippen LogP contribution in [0.5, 0.6) is 5.75 Å². The molecule has 128 valence electrons. The van der Waals surface area contributed by atoms with Gasteiger partial charge in [0.05, 0.1) is 17.4 Å². The summed E-state index contributed by atoms with van der Waals surface area (Å²) in [6.07, 6.45) is 0.374. The van der Waals surface area contributed by atoms with E-state index in [0.717, 1.165) is 16.3 Å². The van der Waals surface area contributed by atoms with Crippen molar-refractivity contribution in [3.05, 3.63) is 47.7 Å². The van der Waals surface area contributed by atoms with E-state index < -0.39 is 0 Å². The van der Waals surface area contributed by atoms with E-state index >= 15 is 0 Å². The lowest BCUT2D eigenvalue weighted by Gasteiger charge is -2.16. The van der Waals surface area contributed by atoms with Gasteiger partial charge in [-0.2, -0.15) is 4.98 Å². The average molecular weight is 355 g/mol. The Morgan fingerprint density at radius 1 is 1.32 bits per heavy atom. The highest BCUT2D eigenvalue weighted by Gasteiger charge is 2.35. The highest BCUT2D eigenvalue weighted by atomic mass is 32.1. The van der Waals surface area contributed by atoms with Crippen molar-refractivity contribution in [1.29, 1.82) is 0 Å². The molecule has 1 unspecified atom stereocenters. The monoisotopic (exact) mass is 355 g/mol. The van der Waals surface area contributed by atoms with Gasteiger partial charge in [0.1, 0.15) is 5.75 Å². The molecule has 1 aliphatic heterocycles. The fourth-order valence-corrected chi connectivity index (χ4v) is 3.57. The standard InChI is InChI=1S/C18H17N3O3S/c1-2-23-14-7-5-13(6-8-14)21-11-12(10-16(21)22)18-19-17(20-24-18)15-4-3-9-25-15/h3-9,12H,2,10-11H2,1H3. The number of carbonyl (C=O) groups is 1. The minimum Gasteiger partial charge on any atom is -0.494 e. The van der Waals surface area contributed by atoms with Crippen LogP contribution in [0.4, 0.5) is 5.69 Å². The summed E-state index contributed by atoms with van der Waals surface area (Å²) < 4.78 is 10.8. The second-order valence-corrected chi connectivity index (χ2v) is 6.71. The first-order valence-electron chi connectivity index (χ1n) is 8.15. The largest absolute Gasteiger partial charge is 0.494 e. The van der Waals surface area contributed by atoms with Crippen LogP contribution < -0.4 is 9.64 Å². The van der Waals surface area contributed by atoms with E-state index in [1.165, 1.54) is 0 Å². The fourth-order valence-electron chi connectivity index (χ4n) is 2.92. The van der Waals surface area contributed by atoms with Crippen LogP contribution in [0.15, 0.2) is 46.3 Å². The van der Waals surface area contributed by atoms with Gasteiger partial charge in [0, 0.05) is 18.7 Å². The van der Waals surface area contributed by atoms with Crippen molar-refractivity contribution >= 4 is 22.9 Å². The van der Waals surface area contributed by atoms with Crippen LogP contribution >= 0.6 is 11.3 Å². The fraction of sp³-hybridized carbons (Fsp3) is 0.278.